The van der Waals surface area contributed by atoms with Crippen molar-refractivity contribution < 1.29 is 14.4 Å². The molecule has 36 heavy (non-hydrogen) atoms. The van der Waals surface area contributed by atoms with E-state index < -0.39 is 5.97 Å². The predicted molar refractivity (Wildman–Crippen MR) is 145 cm³/mol. The van der Waals surface area contributed by atoms with Crippen molar-refractivity contribution in [2.75, 3.05) is 5.32 Å². The molecule has 1 aromatic heterocycles. The number of para-hydroxylation sites is 1. The van der Waals surface area contributed by atoms with Gasteiger partial charge in [-0.1, -0.05) is 74.5 Å². The Morgan fingerprint density at radius 2 is 1.61 bits per heavy atom. The third kappa shape index (κ3) is 5.34. The zero-order chi connectivity index (χ0) is 25.1. The Bertz CT molecular complexity index is 1390. The van der Waals surface area contributed by atoms with Gasteiger partial charge in [-0.15, -0.1) is 11.3 Å². The van der Waals surface area contributed by atoms with E-state index in [0.717, 1.165) is 39.8 Å². The molecule has 3 heterocycles. The van der Waals surface area contributed by atoms with Crippen LogP contribution in [0.4, 0.5) is 10.7 Å². The van der Waals surface area contributed by atoms with Crippen molar-refractivity contribution in [2.45, 2.75) is 33.6 Å². The third-order valence-electron chi connectivity index (χ3n) is 5.90. The molecule has 0 spiro atoms. The Morgan fingerprint density at radius 3 is 2.33 bits per heavy atom. The average molecular weight is 497 g/mol. The quantitative estimate of drug-likeness (QED) is 0.283. The molecule has 0 atom stereocenters. The molecule has 0 radical (unpaired) electrons. The van der Waals surface area contributed by atoms with Crippen molar-refractivity contribution in [1.29, 1.82) is 0 Å². The van der Waals surface area contributed by atoms with Gasteiger partial charge < -0.3 is 14.9 Å². The van der Waals surface area contributed by atoms with Crippen molar-refractivity contribution in [1.82, 2.24) is 0 Å². The predicted octanol–water partition coefficient (Wildman–Crippen LogP) is 7.53. The van der Waals surface area contributed by atoms with Crippen LogP contribution in [0.25, 0.3) is 0 Å². The summed E-state index contributed by atoms with van der Waals surface area (Å²) in [4.78, 5) is 19.1. The molecule has 6 heteroatoms. The number of hydrogen-bond acceptors (Lipinski definition) is 6. The Balaban J connectivity index is 1.40. The molecule has 5 nitrogen and oxygen atoms in total. The summed E-state index contributed by atoms with van der Waals surface area (Å²) in [6.07, 6.45) is 5.43. The van der Waals surface area contributed by atoms with Crippen LogP contribution in [-0.4, -0.2) is 11.7 Å². The number of nitrogens with zero attached hydrogens (tertiary/aromatic N) is 1. The monoisotopic (exact) mass is 496 g/mol. The maximum absolute atomic E-state index is 12.8. The van der Waals surface area contributed by atoms with Crippen molar-refractivity contribution in [3.05, 3.63) is 118 Å². The molecule has 182 valence electrons. The van der Waals surface area contributed by atoms with Gasteiger partial charge in [0, 0.05) is 28.0 Å². The number of carbonyl (C=O) groups excluding carboxylic acids is 1. The maximum atomic E-state index is 12.8. The van der Waals surface area contributed by atoms with E-state index >= 15 is 0 Å². The first kappa shape index (κ1) is 23.8. The first-order chi connectivity index (χ1) is 17.4. The first-order valence-corrected chi connectivity index (χ1v) is 12.8. The van der Waals surface area contributed by atoms with E-state index in [0.29, 0.717) is 17.7 Å². The number of allylic oxidation sites excluding steroid dienone is 5. The van der Waals surface area contributed by atoms with Gasteiger partial charge in [0.15, 0.2) is 0 Å². The van der Waals surface area contributed by atoms with E-state index in [1.807, 2.05) is 60.7 Å². The van der Waals surface area contributed by atoms with Crippen molar-refractivity contribution in [3.8, 4) is 0 Å². The van der Waals surface area contributed by atoms with Crippen LogP contribution in [0.15, 0.2) is 113 Å². The lowest BCUT2D eigenvalue weighted by Gasteiger charge is -2.28. The highest BCUT2D eigenvalue weighted by Crippen LogP contribution is 2.37. The summed E-state index contributed by atoms with van der Waals surface area (Å²) in [5.41, 5.74) is 3.47. The van der Waals surface area contributed by atoms with E-state index in [1.165, 1.54) is 4.88 Å². The van der Waals surface area contributed by atoms with Gasteiger partial charge in [-0.2, -0.15) is 0 Å². The summed E-state index contributed by atoms with van der Waals surface area (Å²) in [5.74, 6) is 1.19. The van der Waals surface area contributed by atoms with E-state index in [1.54, 1.807) is 11.3 Å². The standard InChI is InChI=1S/C30H28N2O3S/c1-30(2,3)25-19-21(27-28(32-35-29(27)33)20-10-6-4-7-11-20)18-23(34-25)14-15-24-16-17-26(36-24)31-22-12-8-5-9-13-22/h4-13,16-19,31H,14-15H2,1-3H3. The van der Waals surface area contributed by atoms with Crippen LogP contribution < -0.4 is 5.32 Å². The summed E-state index contributed by atoms with van der Waals surface area (Å²) >= 11 is 1.73. The molecule has 0 bridgehead atoms. The number of nitrogens with one attached hydrogen (secondary N) is 1. The minimum atomic E-state index is -0.444. The normalized spacial score (nSPS) is 17.6. The molecular weight excluding hydrogens is 468 g/mol. The van der Waals surface area contributed by atoms with Crippen LogP contribution in [0.1, 0.15) is 37.6 Å². The van der Waals surface area contributed by atoms with Crippen molar-refractivity contribution in [3.63, 3.8) is 0 Å². The van der Waals surface area contributed by atoms with Crippen LogP contribution in [0.5, 0.6) is 0 Å². The second kappa shape index (κ2) is 9.99. The minimum Gasteiger partial charge on any atom is -0.465 e. The van der Waals surface area contributed by atoms with Gasteiger partial charge in [0.05, 0.1) is 10.6 Å². The fourth-order valence-electron chi connectivity index (χ4n) is 4.01. The third-order valence-corrected chi connectivity index (χ3v) is 6.96. The number of aryl methyl sites for hydroxylation is 1. The van der Waals surface area contributed by atoms with Crippen molar-refractivity contribution >= 4 is 33.7 Å². The number of anilines is 2. The van der Waals surface area contributed by atoms with E-state index in [-0.39, 0.29) is 5.41 Å². The van der Waals surface area contributed by atoms with Gasteiger partial charge in [-0.05, 0) is 48.4 Å². The summed E-state index contributed by atoms with van der Waals surface area (Å²) in [5, 5.41) is 8.64. The molecule has 0 fully saturated rings. The van der Waals surface area contributed by atoms with E-state index in [9.17, 15) is 4.79 Å². The number of rotatable bonds is 6. The summed E-state index contributed by atoms with van der Waals surface area (Å²) < 4.78 is 6.33. The summed E-state index contributed by atoms with van der Waals surface area (Å²) in [7, 11) is 0. The van der Waals surface area contributed by atoms with Gasteiger partial charge in [0.2, 0.25) is 0 Å². The van der Waals surface area contributed by atoms with Crippen LogP contribution in [-0.2, 0) is 20.8 Å². The highest BCUT2D eigenvalue weighted by Gasteiger charge is 2.32. The Morgan fingerprint density at radius 1 is 0.889 bits per heavy atom. The zero-order valence-electron chi connectivity index (χ0n) is 20.6. The smallest absolute Gasteiger partial charge is 0.368 e. The molecule has 0 amide bonds. The molecule has 2 aliphatic heterocycles. The lowest BCUT2D eigenvalue weighted by molar-refractivity contribution is -0.136. The molecule has 1 N–H and O–H groups in total. The Kier molecular flexibility index (Phi) is 6.61. The number of ether oxygens (including phenoxy) is 1. The number of benzene rings is 2. The summed E-state index contributed by atoms with van der Waals surface area (Å²) in [6.45, 7) is 6.30. The molecule has 2 aliphatic rings. The molecular formula is C30H28N2O3S. The Hall–Kier alpha value is -3.90. The number of carbonyl (C=O) groups is 1. The zero-order valence-corrected chi connectivity index (χ0v) is 21.4. The topological polar surface area (TPSA) is 59.9 Å². The highest BCUT2D eigenvalue weighted by molar-refractivity contribution is 7.16. The minimum absolute atomic E-state index is 0.229. The van der Waals surface area contributed by atoms with Crippen LogP contribution in [0.3, 0.4) is 0 Å². The second-order valence-corrected chi connectivity index (χ2v) is 10.9. The lowest BCUT2D eigenvalue weighted by Crippen LogP contribution is -2.17. The molecule has 0 unspecified atom stereocenters. The largest absolute Gasteiger partial charge is 0.465 e. The van der Waals surface area contributed by atoms with Crippen LogP contribution in [0, 0.1) is 5.41 Å². The number of hydrogen-bond donors (Lipinski definition) is 1. The van der Waals surface area contributed by atoms with Crippen LogP contribution >= 0.6 is 11.3 Å². The fourth-order valence-corrected chi connectivity index (χ4v) is 4.93. The molecule has 0 saturated heterocycles. The maximum Gasteiger partial charge on any atom is 0.368 e. The molecule has 2 aromatic carbocycles. The SMILES string of the molecule is CC(C)(C)C1=CC(=C2C(=O)ON=C2c2ccccc2)C=C(CCc2ccc(Nc3ccccc3)s2)O1. The number of oxime groups is 1. The lowest BCUT2D eigenvalue weighted by atomic mass is 9.88. The average Bonchev–Trinajstić information content (AvgIpc) is 3.49. The van der Waals surface area contributed by atoms with E-state index in [4.69, 9.17) is 9.57 Å². The summed E-state index contributed by atoms with van der Waals surface area (Å²) in [6, 6.07) is 24.0. The number of thiophene rings is 1. The fraction of sp³-hybridized carbons (Fsp3) is 0.200. The molecule has 0 aliphatic carbocycles. The molecule has 3 aromatic rings. The molecule has 0 saturated carbocycles. The van der Waals surface area contributed by atoms with Gasteiger partial charge in [-0.3, -0.25) is 0 Å². The van der Waals surface area contributed by atoms with Crippen molar-refractivity contribution in [2.24, 2.45) is 10.6 Å². The van der Waals surface area contributed by atoms with Gasteiger partial charge in [0.1, 0.15) is 17.2 Å². The van der Waals surface area contributed by atoms with Gasteiger partial charge in [-0.25, -0.2) is 4.79 Å². The molecule has 5 rings (SSSR count). The van der Waals surface area contributed by atoms with Gasteiger partial charge in [0.25, 0.3) is 0 Å². The Labute approximate surface area is 215 Å². The second-order valence-electron chi connectivity index (χ2n) is 9.74. The first-order valence-electron chi connectivity index (χ1n) is 12.0. The van der Waals surface area contributed by atoms with E-state index in [2.05, 4.69) is 55.5 Å². The van der Waals surface area contributed by atoms with Crippen LogP contribution in [0.2, 0.25) is 0 Å². The van der Waals surface area contributed by atoms with Gasteiger partial charge >= 0.3 is 5.97 Å². The highest BCUT2D eigenvalue weighted by atomic mass is 32.1.